The Morgan fingerprint density at radius 3 is 1.62 bits per heavy atom. The molecule has 2 aliphatic heterocycles. The molecule has 15 nitrogen and oxygen atoms in total. The fraction of sp³-hybridized carbons (Fsp3) is 0.526. The zero-order valence-electron chi connectivity index (χ0n) is 17.6. The number of H-pyrrole nitrogens is 2. The van der Waals surface area contributed by atoms with E-state index in [1.807, 2.05) is 0 Å². The van der Waals surface area contributed by atoms with Gasteiger partial charge in [-0.05, 0) is 0 Å². The van der Waals surface area contributed by atoms with Gasteiger partial charge in [0.2, 0.25) is 0 Å². The number of carbonyl (C=O) groups excluding carboxylic acids is 1. The summed E-state index contributed by atoms with van der Waals surface area (Å²) in [6.45, 7) is -1.04. The normalized spacial score (nSPS) is 28.6. The topological polar surface area (TPSA) is 204 Å². The third-order valence-electron chi connectivity index (χ3n) is 5.54. The van der Waals surface area contributed by atoms with Gasteiger partial charge >= 0.3 is 17.5 Å². The predicted molar refractivity (Wildman–Crippen MR) is 109 cm³/mol. The molecule has 2 aromatic heterocycles. The summed E-state index contributed by atoms with van der Waals surface area (Å²) in [5, 5.41) is 19.2. The van der Waals surface area contributed by atoms with E-state index in [2.05, 4.69) is 9.97 Å². The molecule has 0 aliphatic carbocycles. The van der Waals surface area contributed by atoms with Crippen molar-refractivity contribution < 1.29 is 34.0 Å². The number of rotatable bonds is 6. The molecule has 2 aliphatic rings. The van der Waals surface area contributed by atoms with Crippen LogP contribution in [0.1, 0.15) is 25.3 Å². The number of nitrogens with zero attached hydrogens (tertiary/aromatic N) is 2. The number of nitrogens with one attached hydrogen (secondary N) is 2. The Balaban J connectivity index is 1.41. The highest BCUT2D eigenvalue weighted by atomic mass is 16.7. The van der Waals surface area contributed by atoms with E-state index in [0.717, 1.165) is 21.3 Å². The van der Waals surface area contributed by atoms with Crippen molar-refractivity contribution in [2.45, 2.75) is 49.7 Å². The average molecular weight is 482 g/mol. The molecule has 0 saturated carbocycles. The number of hydrogen-bond donors (Lipinski definition) is 4. The van der Waals surface area contributed by atoms with Crippen LogP contribution in [-0.4, -0.2) is 73.1 Å². The van der Waals surface area contributed by atoms with E-state index in [1.54, 1.807) is 0 Å². The SMILES string of the molecule is O=C(O[C@H]1C[C@H](n2ccc(=O)[nH]c2=O)O[C@@H]1CO)O[C@H]1C[C@H](n2ccc(=O)[nH]c2=O)O[C@@H]1CO. The van der Waals surface area contributed by atoms with E-state index in [0.29, 0.717) is 0 Å². The van der Waals surface area contributed by atoms with Gasteiger partial charge in [0.1, 0.15) is 36.9 Å². The summed E-state index contributed by atoms with van der Waals surface area (Å²) >= 11 is 0. The molecule has 34 heavy (non-hydrogen) atoms. The van der Waals surface area contributed by atoms with Crippen molar-refractivity contribution >= 4 is 6.16 Å². The minimum absolute atomic E-state index is 0.00767. The summed E-state index contributed by atoms with van der Waals surface area (Å²) in [5.74, 6) is 0. The molecule has 4 rings (SSSR count). The van der Waals surface area contributed by atoms with E-state index < -0.39 is 78.7 Å². The Labute approximate surface area is 189 Å². The van der Waals surface area contributed by atoms with Crippen LogP contribution in [-0.2, 0) is 18.9 Å². The van der Waals surface area contributed by atoms with Crippen LogP contribution in [0.5, 0.6) is 0 Å². The largest absolute Gasteiger partial charge is 0.509 e. The molecule has 2 saturated heterocycles. The zero-order valence-corrected chi connectivity index (χ0v) is 17.6. The van der Waals surface area contributed by atoms with E-state index in [9.17, 15) is 34.2 Å². The molecule has 0 aromatic carbocycles. The second-order valence-electron chi connectivity index (χ2n) is 7.69. The highest BCUT2D eigenvalue weighted by Crippen LogP contribution is 2.32. The van der Waals surface area contributed by atoms with Crippen molar-refractivity contribution in [2.75, 3.05) is 13.2 Å². The number of ether oxygens (including phenoxy) is 4. The molecule has 4 heterocycles. The average Bonchev–Trinajstić information content (AvgIpc) is 3.37. The molecule has 0 spiro atoms. The van der Waals surface area contributed by atoms with Gasteiger partial charge in [0.25, 0.3) is 11.1 Å². The van der Waals surface area contributed by atoms with E-state index in [-0.39, 0.29) is 12.8 Å². The van der Waals surface area contributed by atoms with Gasteiger partial charge in [-0.15, -0.1) is 0 Å². The summed E-state index contributed by atoms with van der Waals surface area (Å²) in [6.07, 6.45) is -4.39. The quantitative estimate of drug-likeness (QED) is 0.318. The van der Waals surface area contributed by atoms with E-state index >= 15 is 0 Å². The first-order chi connectivity index (χ1) is 16.3. The fourth-order valence-corrected chi connectivity index (χ4v) is 3.90. The first-order valence-corrected chi connectivity index (χ1v) is 10.3. The Hall–Kier alpha value is -3.53. The van der Waals surface area contributed by atoms with Gasteiger partial charge in [-0.2, -0.15) is 0 Å². The Kier molecular flexibility index (Phi) is 6.78. The van der Waals surface area contributed by atoms with Gasteiger partial charge < -0.3 is 29.2 Å². The molecule has 0 radical (unpaired) electrons. The van der Waals surface area contributed by atoms with Crippen molar-refractivity contribution in [3.63, 3.8) is 0 Å². The van der Waals surface area contributed by atoms with Gasteiger partial charge in [0.15, 0.2) is 0 Å². The predicted octanol–water partition coefficient (Wildman–Crippen LogP) is -2.46. The molecule has 4 N–H and O–H groups in total. The summed E-state index contributed by atoms with van der Waals surface area (Å²) in [7, 11) is 0. The summed E-state index contributed by atoms with van der Waals surface area (Å²) < 4.78 is 23.9. The van der Waals surface area contributed by atoms with Crippen LogP contribution < -0.4 is 22.5 Å². The van der Waals surface area contributed by atoms with Gasteiger partial charge in [-0.3, -0.25) is 28.7 Å². The summed E-state index contributed by atoms with van der Waals surface area (Å²) in [6, 6.07) is 2.25. The first-order valence-electron chi connectivity index (χ1n) is 10.3. The smallest absolute Gasteiger partial charge is 0.428 e. The van der Waals surface area contributed by atoms with Crippen LogP contribution in [0.15, 0.2) is 43.7 Å². The lowest BCUT2D eigenvalue weighted by Gasteiger charge is -2.20. The summed E-state index contributed by atoms with van der Waals surface area (Å²) in [5.41, 5.74) is -2.63. The lowest BCUT2D eigenvalue weighted by Crippen LogP contribution is -2.34. The van der Waals surface area contributed by atoms with Crippen LogP contribution in [0.4, 0.5) is 4.79 Å². The maximum atomic E-state index is 12.4. The lowest BCUT2D eigenvalue weighted by molar-refractivity contribution is -0.0763. The maximum Gasteiger partial charge on any atom is 0.509 e. The van der Waals surface area contributed by atoms with Gasteiger partial charge in [0, 0.05) is 37.4 Å². The van der Waals surface area contributed by atoms with Crippen molar-refractivity contribution in [1.29, 1.82) is 0 Å². The second kappa shape index (κ2) is 9.76. The molecule has 6 atom stereocenters. The number of aliphatic hydroxyl groups is 2. The number of aliphatic hydroxyl groups excluding tert-OH is 2. The fourth-order valence-electron chi connectivity index (χ4n) is 3.90. The zero-order chi connectivity index (χ0) is 24.4. The van der Waals surface area contributed by atoms with E-state index in [1.165, 1.54) is 12.4 Å². The van der Waals surface area contributed by atoms with Crippen molar-refractivity contribution in [3.05, 3.63) is 66.2 Å². The molecule has 2 fully saturated rings. The van der Waals surface area contributed by atoms with Crippen molar-refractivity contribution in [2.24, 2.45) is 0 Å². The minimum atomic E-state index is -1.14. The van der Waals surface area contributed by atoms with Crippen molar-refractivity contribution in [3.8, 4) is 0 Å². The maximum absolute atomic E-state index is 12.4. The molecular weight excluding hydrogens is 460 g/mol. The molecular formula is C19H22N4O11. The van der Waals surface area contributed by atoms with E-state index in [4.69, 9.17) is 18.9 Å². The van der Waals surface area contributed by atoms with Crippen molar-refractivity contribution in [1.82, 2.24) is 19.1 Å². The van der Waals surface area contributed by atoms with Crippen LogP contribution in [0.2, 0.25) is 0 Å². The Morgan fingerprint density at radius 2 is 1.26 bits per heavy atom. The van der Waals surface area contributed by atoms with Crippen LogP contribution in [0.25, 0.3) is 0 Å². The number of aromatic nitrogens is 4. The van der Waals surface area contributed by atoms with Crippen LogP contribution >= 0.6 is 0 Å². The molecule has 184 valence electrons. The van der Waals surface area contributed by atoms with Gasteiger partial charge in [-0.1, -0.05) is 0 Å². The van der Waals surface area contributed by atoms with Crippen LogP contribution in [0, 0.1) is 0 Å². The molecule has 0 unspecified atom stereocenters. The highest BCUT2D eigenvalue weighted by molar-refractivity contribution is 5.60. The Bertz CT molecular complexity index is 1170. The van der Waals surface area contributed by atoms with Gasteiger partial charge in [-0.25, -0.2) is 14.4 Å². The minimum Gasteiger partial charge on any atom is -0.428 e. The third kappa shape index (κ3) is 4.86. The number of hydrogen-bond acceptors (Lipinski definition) is 11. The number of aromatic amines is 2. The third-order valence-corrected chi connectivity index (χ3v) is 5.54. The first kappa shape index (κ1) is 23.6. The van der Waals surface area contributed by atoms with Gasteiger partial charge in [0.05, 0.1) is 13.2 Å². The Morgan fingerprint density at radius 1 is 0.853 bits per heavy atom. The summed E-state index contributed by atoms with van der Waals surface area (Å²) in [4.78, 5) is 63.1. The lowest BCUT2D eigenvalue weighted by atomic mass is 10.2. The number of carbonyl (C=O) groups is 1. The monoisotopic (exact) mass is 482 g/mol. The molecule has 0 amide bonds. The molecule has 15 heteroatoms. The highest BCUT2D eigenvalue weighted by Gasteiger charge is 2.42. The molecule has 2 aromatic rings. The second-order valence-corrected chi connectivity index (χ2v) is 7.69. The molecule has 0 bridgehead atoms. The standard InChI is InChI=1S/C19H22N4O11/c24-7-11-9(5-15(31-11)22-3-1-13(26)20-17(22)28)33-19(30)34-10-6-16(32-12(10)8-25)23-4-2-14(27)21-18(23)29/h1-4,9-12,15-16,24-25H,5-8H2,(H,20,26,28)(H,21,27,29)/t9-,10-,11+,12+,15+,16+/m0/s1. The van der Waals surface area contributed by atoms with Crippen LogP contribution in [0.3, 0.4) is 0 Å².